The highest BCUT2D eigenvalue weighted by Crippen LogP contribution is 2.28. The summed E-state index contributed by atoms with van der Waals surface area (Å²) >= 11 is 0. The molecule has 4 nitrogen and oxygen atoms in total. The molecule has 98 valence electrons. The molecule has 6 heteroatoms. The molecule has 19 heavy (non-hydrogen) atoms. The van der Waals surface area contributed by atoms with Gasteiger partial charge in [0.1, 0.15) is 5.82 Å². The van der Waals surface area contributed by atoms with Gasteiger partial charge in [-0.15, -0.1) is 0 Å². The van der Waals surface area contributed by atoms with E-state index >= 15 is 0 Å². The number of carboxylic acid groups (broad SMARTS) is 1. The monoisotopic (exact) mass is 264 g/mol. The molecule has 3 N–H and O–H groups in total. The quantitative estimate of drug-likeness (QED) is 0.891. The van der Waals surface area contributed by atoms with E-state index in [0.29, 0.717) is 5.56 Å². The van der Waals surface area contributed by atoms with Crippen molar-refractivity contribution in [2.75, 3.05) is 5.73 Å². The summed E-state index contributed by atoms with van der Waals surface area (Å²) in [6.45, 7) is 0. The number of nitrogens with two attached hydrogens (primary N) is 1. The molecule has 0 aliphatic rings. The van der Waals surface area contributed by atoms with Gasteiger partial charge in [0.25, 0.3) is 0 Å². The van der Waals surface area contributed by atoms with Crippen molar-refractivity contribution in [3.05, 3.63) is 47.7 Å². The minimum absolute atomic E-state index is 0.0126. The van der Waals surface area contributed by atoms with Gasteiger partial charge >= 0.3 is 5.97 Å². The lowest BCUT2D eigenvalue weighted by molar-refractivity contribution is -0.136. The molecule has 0 bridgehead atoms. The molecule has 0 atom stereocenters. The number of hydrogen-bond donors (Lipinski definition) is 2. The van der Waals surface area contributed by atoms with Crippen LogP contribution in [0, 0.1) is 11.6 Å². The molecular weight excluding hydrogens is 254 g/mol. The van der Waals surface area contributed by atoms with E-state index in [9.17, 15) is 13.6 Å². The van der Waals surface area contributed by atoms with Crippen LogP contribution in [0.5, 0.6) is 0 Å². The van der Waals surface area contributed by atoms with E-state index in [2.05, 4.69) is 4.98 Å². The van der Waals surface area contributed by atoms with Crippen molar-refractivity contribution in [2.45, 2.75) is 6.42 Å². The van der Waals surface area contributed by atoms with Crippen molar-refractivity contribution >= 4 is 11.8 Å². The van der Waals surface area contributed by atoms with E-state index in [1.54, 1.807) is 0 Å². The van der Waals surface area contributed by atoms with Crippen LogP contribution in [-0.4, -0.2) is 16.1 Å². The van der Waals surface area contributed by atoms with E-state index in [4.69, 9.17) is 10.8 Å². The maximum atomic E-state index is 13.7. The summed E-state index contributed by atoms with van der Waals surface area (Å²) < 4.78 is 26.9. The second-order valence-electron chi connectivity index (χ2n) is 3.95. The van der Waals surface area contributed by atoms with Gasteiger partial charge in [-0.05, 0) is 17.7 Å². The molecular formula is C13H10F2N2O2. The number of carboxylic acids is 1. The molecule has 1 heterocycles. The molecule has 0 saturated carbocycles. The van der Waals surface area contributed by atoms with Crippen molar-refractivity contribution in [2.24, 2.45) is 0 Å². The summed E-state index contributed by atoms with van der Waals surface area (Å²) in [7, 11) is 0. The first-order valence-electron chi connectivity index (χ1n) is 5.39. The van der Waals surface area contributed by atoms with E-state index < -0.39 is 17.6 Å². The Bertz CT molecular complexity index is 645. The normalized spacial score (nSPS) is 10.4. The third kappa shape index (κ3) is 2.67. The minimum Gasteiger partial charge on any atom is -0.481 e. The third-order valence-corrected chi connectivity index (χ3v) is 2.57. The van der Waals surface area contributed by atoms with Crippen molar-refractivity contribution in [1.82, 2.24) is 4.98 Å². The smallest absolute Gasteiger partial charge is 0.307 e. The highest BCUT2D eigenvalue weighted by atomic mass is 19.2. The standard InChI is InChI=1S/C13H10F2N2O2/c14-10-3-1-2-8(12(10)15)9-4-7(5-11(18)19)6-17-13(9)16/h1-4,6H,5H2,(H2,16,17)(H,18,19). The Morgan fingerprint density at radius 1 is 1.32 bits per heavy atom. The first kappa shape index (κ1) is 12.9. The van der Waals surface area contributed by atoms with Gasteiger partial charge in [-0.3, -0.25) is 4.79 Å². The molecule has 1 aromatic heterocycles. The van der Waals surface area contributed by atoms with Crippen molar-refractivity contribution in [3.8, 4) is 11.1 Å². The topological polar surface area (TPSA) is 76.2 Å². The zero-order chi connectivity index (χ0) is 14.0. The number of hydrogen-bond acceptors (Lipinski definition) is 3. The van der Waals surface area contributed by atoms with Crippen LogP contribution in [0.2, 0.25) is 0 Å². The number of anilines is 1. The Kier molecular flexibility index (Phi) is 3.41. The summed E-state index contributed by atoms with van der Waals surface area (Å²) in [6.07, 6.45) is 1.03. The van der Waals surface area contributed by atoms with Crippen LogP contribution in [-0.2, 0) is 11.2 Å². The fourth-order valence-electron chi connectivity index (χ4n) is 1.72. The van der Waals surface area contributed by atoms with Gasteiger partial charge in [0.2, 0.25) is 0 Å². The lowest BCUT2D eigenvalue weighted by Crippen LogP contribution is -2.03. The Labute approximate surface area is 107 Å². The Balaban J connectivity index is 2.54. The number of pyridine rings is 1. The molecule has 0 amide bonds. The van der Waals surface area contributed by atoms with Gasteiger partial charge in [0.15, 0.2) is 11.6 Å². The lowest BCUT2D eigenvalue weighted by Gasteiger charge is -2.08. The number of benzene rings is 1. The number of nitrogen functional groups attached to an aromatic ring is 1. The molecule has 2 rings (SSSR count). The van der Waals surface area contributed by atoms with E-state index in [-0.39, 0.29) is 23.4 Å². The molecule has 1 aromatic carbocycles. The molecule has 0 saturated heterocycles. The summed E-state index contributed by atoms with van der Waals surface area (Å²) in [6, 6.07) is 5.09. The second kappa shape index (κ2) is 5.01. The van der Waals surface area contributed by atoms with Crippen LogP contribution in [0.4, 0.5) is 14.6 Å². The van der Waals surface area contributed by atoms with Gasteiger partial charge in [0.05, 0.1) is 6.42 Å². The molecule has 0 spiro atoms. The SMILES string of the molecule is Nc1ncc(CC(=O)O)cc1-c1cccc(F)c1F. The van der Waals surface area contributed by atoms with Gasteiger partial charge < -0.3 is 10.8 Å². The number of aromatic nitrogens is 1. The summed E-state index contributed by atoms with van der Waals surface area (Å²) in [5, 5.41) is 8.70. The van der Waals surface area contributed by atoms with Crippen molar-refractivity contribution in [1.29, 1.82) is 0 Å². The van der Waals surface area contributed by atoms with E-state index in [1.165, 1.54) is 24.4 Å². The van der Waals surface area contributed by atoms with Crippen LogP contribution in [0.1, 0.15) is 5.56 Å². The third-order valence-electron chi connectivity index (χ3n) is 2.57. The number of rotatable bonds is 3. The molecule has 0 aliphatic carbocycles. The fourth-order valence-corrected chi connectivity index (χ4v) is 1.72. The average Bonchev–Trinajstić information content (AvgIpc) is 2.35. The summed E-state index contributed by atoms with van der Waals surface area (Å²) in [4.78, 5) is 14.4. The van der Waals surface area contributed by atoms with E-state index in [0.717, 1.165) is 6.07 Å². The predicted molar refractivity (Wildman–Crippen MR) is 65.3 cm³/mol. The van der Waals surface area contributed by atoms with Crippen LogP contribution in [0.25, 0.3) is 11.1 Å². The Hall–Kier alpha value is -2.50. The second-order valence-corrected chi connectivity index (χ2v) is 3.95. The maximum absolute atomic E-state index is 13.7. The maximum Gasteiger partial charge on any atom is 0.307 e. The zero-order valence-electron chi connectivity index (χ0n) is 9.73. The number of nitrogens with zero attached hydrogens (tertiary/aromatic N) is 1. The summed E-state index contributed by atoms with van der Waals surface area (Å²) in [5.74, 6) is -3.07. The van der Waals surface area contributed by atoms with Crippen molar-refractivity contribution in [3.63, 3.8) is 0 Å². The lowest BCUT2D eigenvalue weighted by atomic mass is 10.0. The average molecular weight is 264 g/mol. The minimum atomic E-state index is -1.04. The summed E-state index contributed by atoms with van der Waals surface area (Å²) in [5.41, 5.74) is 6.12. The Morgan fingerprint density at radius 2 is 2.05 bits per heavy atom. The molecule has 0 aliphatic heterocycles. The van der Waals surface area contributed by atoms with Crippen LogP contribution >= 0.6 is 0 Å². The highest BCUT2D eigenvalue weighted by molar-refractivity contribution is 5.77. The van der Waals surface area contributed by atoms with Crippen LogP contribution in [0.3, 0.4) is 0 Å². The molecule has 2 aromatic rings. The Morgan fingerprint density at radius 3 is 2.74 bits per heavy atom. The van der Waals surface area contributed by atoms with Crippen LogP contribution < -0.4 is 5.73 Å². The van der Waals surface area contributed by atoms with Crippen molar-refractivity contribution < 1.29 is 18.7 Å². The van der Waals surface area contributed by atoms with Gasteiger partial charge in [-0.2, -0.15) is 0 Å². The van der Waals surface area contributed by atoms with Gasteiger partial charge in [-0.1, -0.05) is 12.1 Å². The largest absolute Gasteiger partial charge is 0.481 e. The van der Waals surface area contributed by atoms with Gasteiger partial charge in [0, 0.05) is 17.3 Å². The molecule has 0 fully saturated rings. The zero-order valence-corrected chi connectivity index (χ0v) is 9.73. The van der Waals surface area contributed by atoms with E-state index in [1.807, 2.05) is 0 Å². The van der Waals surface area contributed by atoms with Gasteiger partial charge in [-0.25, -0.2) is 13.8 Å². The highest BCUT2D eigenvalue weighted by Gasteiger charge is 2.14. The molecule has 0 unspecified atom stereocenters. The predicted octanol–water partition coefficient (Wildman–Crippen LogP) is 2.24. The number of carbonyl (C=O) groups is 1. The number of halogens is 2. The van der Waals surface area contributed by atoms with Crippen LogP contribution in [0.15, 0.2) is 30.5 Å². The number of aliphatic carboxylic acids is 1. The fraction of sp³-hybridized carbons (Fsp3) is 0.0769. The molecule has 0 radical (unpaired) electrons. The first-order valence-corrected chi connectivity index (χ1v) is 5.39. The first-order chi connectivity index (χ1) is 8.99.